The van der Waals surface area contributed by atoms with E-state index in [1.165, 1.54) is 12.1 Å². The summed E-state index contributed by atoms with van der Waals surface area (Å²) >= 11 is 0. The fourth-order valence-electron chi connectivity index (χ4n) is 3.09. The third-order valence-corrected chi connectivity index (χ3v) is 4.59. The van der Waals surface area contributed by atoms with Gasteiger partial charge >= 0.3 is 6.18 Å². The molecule has 3 rings (SSSR count). The van der Waals surface area contributed by atoms with Gasteiger partial charge in [0, 0.05) is 51.5 Å². The maximum absolute atomic E-state index is 13.1. The molecule has 0 unspecified atom stereocenters. The van der Waals surface area contributed by atoms with Crippen LogP contribution in [0.3, 0.4) is 0 Å². The third-order valence-electron chi connectivity index (χ3n) is 4.59. The number of guanidine groups is 1. The van der Waals surface area contributed by atoms with Gasteiger partial charge in [0.15, 0.2) is 5.96 Å². The maximum atomic E-state index is 13.1. The topological polar surface area (TPSA) is 42.9 Å². The van der Waals surface area contributed by atoms with Gasteiger partial charge in [-0.3, -0.25) is 4.99 Å². The Morgan fingerprint density at radius 1 is 1.20 bits per heavy atom. The Balaban J connectivity index is 1.81. The third kappa shape index (κ3) is 4.56. The fraction of sp³-hybridized carbons (Fsp3) is 0.588. The minimum absolute atomic E-state index is 0.317. The number of hydrogen-bond acceptors (Lipinski definition) is 5. The van der Waals surface area contributed by atoms with E-state index >= 15 is 0 Å². The second-order valence-corrected chi connectivity index (χ2v) is 6.50. The fourth-order valence-corrected chi connectivity index (χ4v) is 3.09. The molecule has 138 valence electrons. The molecule has 5 nitrogen and oxygen atoms in total. The summed E-state index contributed by atoms with van der Waals surface area (Å²) in [4.78, 5) is 8.70. The lowest BCUT2D eigenvalue weighted by Gasteiger charge is -2.35. The molecule has 1 aromatic carbocycles. The van der Waals surface area contributed by atoms with Crippen molar-refractivity contribution in [2.45, 2.75) is 19.1 Å². The quantitative estimate of drug-likeness (QED) is 0.869. The summed E-state index contributed by atoms with van der Waals surface area (Å²) in [6, 6.07) is 4.03. The summed E-state index contributed by atoms with van der Waals surface area (Å²) in [5, 5.41) is 6.27. The second-order valence-electron chi connectivity index (χ2n) is 6.50. The molecule has 2 aliphatic rings. The molecule has 0 aromatic heterocycles. The lowest BCUT2D eigenvalue weighted by Crippen LogP contribution is -2.45. The van der Waals surface area contributed by atoms with Gasteiger partial charge in [-0.05, 0) is 37.2 Å². The van der Waals surface area contributed by atoms with Crippen molar-refractivity contribution in [3.63, 3.8) is 0 Å². The highest BCUT2D eigenvalue weighted by atomic mass is 19.4. The van der Waals surface area contributed by atoms with E-state index in [4.69, 9.17) is 0 Å². The second kappa shape index (κ2) is 7.51. The molecule has 1 fully saturated rings. The number of rotatable bonds is 3. The highest BCUT2D eigenvalue weighted by Crippen LogP contribution is 2.33. The van der Waals surface area contributed by atoms with E-state index in [9.17, 15) is 13.2 Å². The number of halogens is 3. The van der Waals surface area contributed by atoms with Crippen molar-refractivity contribution < 1.29 is 13.2 Å². The molecule has 0 aliphatic carbocycles. The largest absolute Gasteiger partial charge is 0.416 e. The predicted molar refractivity (Wildman–Crippen MR) is 92.9 cm³/mol. The van der Waals surface area contributed by atoms with E-state index in [0.717, 1.165) is 51.4 Å². The molecule has 2 heterocycles. The van der Waals surface area contributed by atoms with E-state index in [0.29, 0.717) is 18.1 Å². The van der Waals surface area contributed by atoms with E-state index in [-0.39, 0.29) is 0 Å². The lowest BCUT2D eigenvalue weighted by atomic mass is 10.1. The van der Waals surface area contributed by atoms with Gasteiger partial charge in [0.2, 0.25) is 0 Å². The zero-order valence-corrected chi connectivity index (χ0v) is 14.4. The van der Waals surface area contributed by atoms with Crippen molar-refractivity contribution in [3.8, 4) is 0 Å². The molecule has 1 aromatic rings. The number of aliphatic imine (C=N–C) groups is 1. The molecule has 0 saturated carbocycles. The smallest absolute Gasteiger partial charge is 0.369 e. The first-order valence-electron chi connectivity index (χ1n) is 8.59. The van der Waals surface area contributed by atoms with Gasteiger partial charge in [-0.2, -0.15) is 13.2 Å². The van der Waals surface area contributed by atoms with E-state index in [1.54, 1.807) is 6.07 Å². The van der Waals surface area contributed by atoms with Gasteiger partial charge < -0.3 is 20.4 Å². The Morgan fingerprint density at radius 3 is 2.60 bits per heavy atom. The standard InChI is InChI=1S/C17H24F3N5/c1-24-7-9-25(10-8-24)15-4-3-14(17(18,19)20)11-13(15)12-23-16-21-5-2-6-22-16/h3-4,11H,2,5-10,12H2,1H3,(H2,21,22,23). The first kappa shape index (κ1) is 17.8. The van der Waals surface area contributed by atoms with Gasteiger partial charge in [0.05, 0.1) is 5.56 Å². The molecular weight excluding hydrogens is 331 g/mol. The van der Waals surface area contributed by atoms with Crippen molar-refractivity contribution in [2.24, 2.45) is 4.99 Å². The van der Waals surface area contributed by atoms with E-state index in [2.05, 4.69) is 32.5 Å². The van der Waals surface area contributed by atoms with Crippen molar-refractivity contribution in [1.82, 2.24) is 15.5 Å². The summed E-state index contributed by atoms with van der Waals surface area (Å²) in [7, 11) is 2.06. The summed E-state index contributed by atoms with van der Waals surface area (Å²) in [6.45, 7) is 5.33. The van der Waals surface area contributed by atoms with Crippen LogP contribution in [-0.2, 0) is 12.7 Å². The van der Waals surface area contributed by atoms with Gasteiger partial charge in [0.1, 0.15) is 0 Å². The Hall–Kier alpha value is -1.96. The molecule has 0 bridgehead atoms. The molecule has 2 N–H and O–H groups in total. The Bertz CT molecular complexity index is 621. The van der Waals surface area contributed by atoms with Crippen LogP contribution in [0.5, 0.6) is 0 Å². The number of likely N-dealkylation sites (N-methyl/N-ethyl adjacent to an activating group) is 1. The molecule has 25 heavy (non-hydrogen) atoms. The number of piperazine rings is 1. The monoisotopic (exact) mass is 355 g/mol. The summed E-state index contributed by atoms with van der Waals surface area (Å²) < 4.78 is 39.3. The van der Waals surface area contributed by atoms with E-state index in [1.807, 2.05) is 0 Å². The Labute approximate surface area is 145 Å². The van der Waals surface area contributed by atoms with Crippen LogP contribution in [0.25, 0.3) is 0 Å². The highest BCUT2D eigenvalue weighted by Gasteiger charge is 2.31. The van der Waals surface area contributed by atoms with Crippen LogP contribution >= 0.6 is 0 Å². The Morgan fingerprint density at radius 2 is 1.96 bits per heavy atom. The molecule has 0 radical (unpaired) electrons. The van der Waals surface area contributed by atoms with Crippen molar-refractivity contribution >= 4 is 11.6 Å². The molecule has 1 saturated heterocycles. The molecule has 0 amide bonds. The first-order chi connectivity index (χ1) is 11.9. The zero-order chi connectivity index (χ0) is 17.9. The predicted octanol–water partition coefficient (Wildman–Crippen LogP) is 1.90. The minimum atomic E-state index is -4.34. The molecule has 2 aliphatic heterocycles. The van der Waals surface area contributed by atoms with Crippen molar-refractivity contribution in [3.05, 3.63) is 29.3 Å². The SMILES string of the molecule is CN1CCN(c2ccc(C(F)(F)F)cc2CNC2=NCCCN2)CC1. The van der Waals surface area contributed by atoms with Crippen molar-refractivity contribution in [2.75, 3.05) is 51.2 Å². The molecule has 0 atom stereocenters. The van der Waals surface area contributed by atoms with Gasteiger partial charge in [0.25, 0.3) is 0 Å². The van der Waals surface area contributed by atoms with Crippen LogP contribution in [-0.4, -0.2) is 57.2 Å². The number of nitrogens with zero attached hydrogens (tertiary/aromatic N) is 3. The summed E-state index contributed by atoms with van der Waals surface area (Å²) in [5.41, 5.74) is 0.903. The number of hydrogen-bond donors (Lipinski definition) is 2. The van der Waals surface area contributed by atoms with Crippen LogP contribution in [0.1, 0.15) is 17.5 Å². The average molecular weight is 355 g/mol. The van der Waals surface area contributed by atoms with Gasteiger partial charge in [-0.25, -0.2) is 0 Å². The van der Waals surface area contributed by atoms with E-state index < -0.39 is 11.7 Å². The normalized spacial score (nSPS) is 19.4. The Kier molecular flexibility index (Phi) is 5.36. The van der Waals surface area contributed by atoms with Crippen molar-refractivity contribution in [1.29, 1.82) is 0 Å². The summed E-state index contributed by atoms with van der Waals surface area (Å²) in [5.74, 6) is 0.660. The minimum Gasteiger partial charge on any atom is -0.369 e. The average Bonchev–Trinajstić information content (AvgIpc) is 2.61. The molecular formula is C17H24F3N5. The number of alkyl halides is 3. The lowest BCUT2D eigenvalue weighted by molar-refractivity contribution is -0.137. The highest BCUT2D eigenvalue weighted by molar-refractivity contribution is 5.80. The molecule has 8 heteroatoms. The maximum Gasteiger partial charge on any atom is 0.416 e. The number of benzene rings is 1. The number of nitrogens with one attached hydrogen (secondary N) is 2. The van der Waals surface area contributed by atoms with Crippen LogP contribution in [0.4, 0.5) is 18.9 Å². The zero-order valence-electron chi connectivity index (χ0n) is 14.4. The van der Waals surface area contributed by atoms with Gasteiger partial charge in [-0.15, -0.1) is 0 Å². The van der Waals surface area contributed by atoms with Crippen LogP contribution < -0.4 is 15.5 Å². The van der Waals surface area contributed by atoms with Crippen LogP contribution in [0.2, 0.25) is 0 Å². The van der Waals surface area contributed by atoms with Gasteiger partial charge in [-0.1, -0.05) is 0 Å². The van der Waals surface area contributed by atoms with Crippen LogP contribution in [0, 0.1) is 0 Å². The van der Waals surface area contributed by atoms with Crippen LogP contribution in [0.15, 0.2) is 23.2 Å². The molecule has 0 spiro atoms. The summed E-state index contributed by atoms with van der Waals surface area (Å²) in [6.07, 6.45) is -3.36. The first-order valence-corrected chi connectivity index (χ1v) is 8.59. The number of anilines is 1.